The summed E-state index contributed by atoms with van der Waals surface area (Å²) in [7, 11) is 0. The number of hydrogen-bond donors (Lipinski definition) is 3. The van der Waals surface area contributed by atoms with Crippen LogP contribution in [0.3, 0.4) is 0 Å². The summed E-state index contributed by atoms with van der Waals surface area (Å²) in [6, 6.07) is 7.38. The molecule has 0 saturated heterocycles. The number of aromatic nitrogens is 3. The fraction of sp³-hybridized carbons (Fsp3) is 0.308. The maximum atomic E-state index is 11.6. The number of carbonyl (C=O) groups is 1. The minimum absolute atomic E-state index is 0. The van der Waals surface area contributed by atoms with E-state index in [0.29, 0.717) is 18.2 Å². The molecule has 6 nitrogen and oxygen atoms in total. The van der Waals surface area contributed by atoms with Crippen molar-refractivity contribution in [1.29, 1.82) is 0 Å². The predicted octanol–water partition coefficient (Wildman–Crippen LogP) is 1.95. The summed E-state index contributed by atoms with van der Waals surface area (Å²) in [5.74, 6) is 1.20. The Morgan fingerprint density at radius 3 is 2.50 bits per heavy atom. The first-order valence-electron chi connectivity index (χ1n) is 6.13. The topological polar surface area (TPSA) is 96.7 Å². The van der Waals surface area contributed by atoms with Crippen LogP contribution >= 0.6 is 12.4 Å². The number of H-pyrrole nitrogens is 1. The number of amides is 1. The molecule has 0 aliphatic rings. The summed E-state index contributed by atoms with van der Waals surface area (Å²) in [4.78, 5) is 15.8. The number of benzene rings is 1. The lowest BCUT2D eigenvalue weighted by Crippen LogP contribution is -2.17. The summed E-state index contributed by atoms with van der Waals surface area (Å²) in [5, 5.41) is 9.66. The first kappa shape index (κ1) is 16.1. The number of anilines is 1. The fourth-order valence-electron chi connectivity index (χ4n) is 1.50. The van der Waals surface area contributed by atoms with Crippen LogP contribution in [-0.2, 0) is 11.3 Å². The molecule has 2 aromatic rings. The SMILES string of the molecule is CC(C)C(=O)Nc1ccc(-c2n[nH]c(CN)n2)cc1.Cl. The van der Waals surface area contributed by atoms with E-state index in [-0.39, 0.29) is 24.2 Å². The Bertz CT molecular complexity index is 564. The van der Waals surface area contributed by atoms with Crippen molar-refractivity contribution in [3.05, 3.63) is 30.1 Å². The van der Waals surface area contributed by atoms with Crippen molar-refractivity contribution in [2.24, 2.45) is 11.7 Å². The third kappa shape index (κ3) is 3.79. The average molecular weight is 296 g/mol. The summed E-state index contributed by atoms with van der Waals surface area (Å²) in [6.07, 6.45) is 0. The normalized spacial score (nSPS) is 10.2. The fourth-order valence-corrected chi connectivity index (χ4v) is 1.50. The van der Waals surface area contributed by atoms with Crippen molar-refractivity contribution < 1.29 is 4.79 Å². The molecule has 4 N–H and O–H groups in total. The Balaban J connectivity index is 0.00000200. The van der Waals surface area contributed by atoms with Crippen molar-refractivity contribution in [1.82, 2.24) is 15.2 Å². The van der Waals surface area contributed by atoms with E-state index in [2.05, 4.69) is 20.5 Å². The van der Waals surface area contributed by atoms with Crippen LogP contribution in [0.25, 0.3) is 11.4 Å². The molecule has 0 aliphatic carbocycles. The minimum Gasteiger partial charge on any atom is -0.326 e. The Morgan fingerprint density at radius 2 is 2.00 bits per heavy atom. The second-order valence-corrected chi connectivity index (χ2v) is 4.53. The number of rotatable bonds is 4. The van der Waals surface area contributed by atoms with E-state index < -0.39 is 0 Å². The zero-order chi connectivity index (χ0) is 13.8. The lowest BCUT2D eigenvalue weighted by molar-refractivity contribution is -0.118. The Kier molecular flexibility index (Phi) is 5.66. The first-order chi connectivity index (χ1) is 9.10. The second-order valence-electron chi connectivity index (χ2n) is 4.53. The molecule has 0 radical (unpaired) electrons. The van der Waals surface area contributed by atoms with E-state index >= 15 is 0 Å². The molecule has 1 aromatic carbocycles. The molecule has 1 amide bonds. The van der Waals surface area contributed by atoms with Gasteiger partial charge in [0.25, 0.3) is 0 Å². The first-order valence-corrected chi connectivity index (χ1v) is 6.13. The summed E-state index contributed by atoms with van der Waals surface area (Å²) in [5.41, 5.74) is 7.10. The highest BCUT2D eigenvalue weighted by Gasteiger charge is 2.08. The van der Waals surface area contributed by atoms with Gasteiger partial charge in [0, 0.05) is 17.2 Å². The van der Waals surface area contributed by atoms with Gasteiger partial charge in [-0.2, -0.15) is 5.10 Å². The smallest absolute Gasteiger partial charge is 0.226 e. The van der Waals surface area contributed by atoms with Gasteiger partial charge in [-0.05, 0) is 24.3 Å². The van der Waals surface area contributed by atoms with Gasteiger partial charge < -0.3 is 11.1 Å². The quantitative estimate of drug-likeness (QED) is 0.803. The zero-order valence-corrected chi connectivity index (χ0v) is 12.2. The molecule has 0 unspecified atom stereocenters. The highest BCUT2D eigenvalue weighted by molar-refractivity contribution is 5.92. The molecular weight excluding hydrogens is 278 g/mol. The van der Waals surface area contributed by atoms with Crippen LogP contribution in [0, 0.1) is 5.92 Å². The van der Waals surface area contributed by atoms with Gasteiger partial charge >= 0.3 is 0 Å². The third-order valence-corrected chi connectivity index (χ3v) is 2.66. The molecule has 7 heteroatoms. The maximum absolute atomic E-state index is 11.6. The monoisotopic (exact) mass is 295 g/mol. The van der Waals surface area contributed by atoms with Crippen molar-refractivity contribution >= 4 is 24.0 Å². The lowest BCUT2D eigenvalue weighted by atomic mass is 10.1. The van der Waals surface area contributed by atoms with Crippen molar-refractivity contribution in [2.45, 2.75) is 20.4 Å². The number of aromatic amines is 1. The molecular formula is C13H18ClN5O. The average Bonchev–Trinajstić information content (AvgIpc) is 2.88. The molecule has 108 valence electrons. The number of nitrogens with two attached hydrogens (primary N) is 1. The molecule has 1 aromatic heterocycles. The highest BCUT2D eigenvalue weighted by Crippen LogP contribution is 2.18. The number of nitrogens with one attached hydrogen (secondary N) is 2. The molecule has 0 bridgehead atoms. The van der Waals surface area contributed by atoms with Crippen molar-refractivity contribution in [3.8, 4) is 11.4 Å². The summed E-state index contributed by atoms with van der Waals surface area (Å²) < 4.78 is 0. The Labute approximate surface area is 123 Å². The molecule has 0 fully saturated rings. The molecule has 20 heavy (non-hydrogen) atoms. The van der Waals surface area contributed by atoms with Gasteiger partial charge in [-0.3, -0.25) is 9.89 Å². The second kappa shape index (κ2) is 7.02. The van der Waals surface area contributed by atoms with Gasteiger partial charge in [-0.1, -0.05) is 13.8 Å². The highest BCUT2D eigenvalue weighted by atomic mass is 35.5. The van der Waals surface area contributed by atoms with Gasteiger partial charge in [-0.15, -0.1) is 12.4 Å². The van der Waals surface area contributed by atoms with Crippen molar-refractivity contribution in [2.75, 3.05) is 5.32 Å². The van der Waals surface area contributed by atoms with E-state index in [0.717, 1.165) is 11.3 Å². The molecule has 0 saturated carbocycles. The van der Waals surface area contributed by atoms with Crippen LogP contribution in [0.4, 0.5) is 5.69 Å². The third-order valence-electron chi connectivity index (χ3n) is 2.66. The van der Waals surface area contributed by atoms with Crippen LogP contribution in [-0.4, -0.2) is 21.1 Å². The molecule has 2 rings (SSSR count). The lowest BCUT2D eigenvalue weighted by Gasteiger charge is -2.07. The van der Waals surface area contributed by atoms with Gasteiger partial charge in [0.05, 0.1) is 6.54 Å². The summed E-state index contributed by atoms with van der Waals surface area (Å²) in [6.45, 7) is 4.03. The van der Waals surface area contributed by atoms with Crippen LogP contribution < -0.4 is 11.1 Å². The van der Waals surface area contributed by atoms with Crippen LogP contribution in [0.5, 0.6) is 0 Å². The van der Waals surface area contributed by atoms with E-state index in [1.807, 2.05) is 38.1 Å². The van der Waals surface area contributed by atoms with E-state index in [9.17, 15) is 4.79 Å². The molecule has 0 aliphatic heterocycles. The minimum atomic E-state index is -0.0419. The van der Waals surface area contributed by atoms with Gasteiger partial charge in [0.2, 0.25) is 5.91 Å². The predicted molar refractivity (Wildman–Crippen MR) is 80.4 cm³/mol. The Morgan fingerprint density at radius 1 is 1.35 bits per heavy atom. The van der Waals surface area contributed by atoms with E-state index in [4.69, 9.17) is 5.73 Å². The Hall–Kier alpha value is -1.92. The van der Waals surface area contributed by atoms with Crippen molar-refractivity contribution in [3.63, 3.8) is 0 Å². The van der Waals surface area contributed by atoms with Crippen LogP contribution in [0.1, 0.15) is 19.7 Å². The number of carbonyl (C=O) groups excluding carboxylic acids is 1. The van der Waals surface area contributed by atoms with E-state index in [1.165, 1.54) is 0 Å². The van der Waals surface area contributed by atoms with Crippen LogP contribution in [0.15, 0.2) is 24.3 Å². The van der Waals surface area contributed by atoms with Crippen LogP contribution in [0.2, 0.25) is 0 Å². The van der Waals surface area contributed by atoms with Gasteiger partial charge in [0.1, 0.15) is 5.82 Å². The van der Waals surface area contributed by atoms with Gasteiger partial charge in [0.15, 0.2) is 5.82 Å². The zero-order valence-electron chi connectivity index (χ0n) is 11.4. The number of nitrogens with zero attached hydrogens (tertiary/aromatic N) is 2. The molecule has 0 atom stereocenters. The molecule has 1 heterocycles. The summed E-state index contributed by atoms with van der Waals surface area (Å²) >= 11 is 0. The standard InChI is InChI=1S/C13H17N5O.ClH/c1-8(2)13(19)15-10-5-3-9(4-6-10)12-16-11(7-14)17-18-12;/h3-6,8H,7,14H2,1-2H3,(H,15,19)(H,16,17,18);1H. The molecule has 0 spiro atoms. The maximum Gasteiger partial charge on any atom is 0.226 e. The van der Waals surface area contributed by atoms with Gasteiger partial charge in [-0.25, -0.2) is 4.98 Å². The van der Waals surface area contributed by atoms with E-state index in [1.54, 1.807) is 0 Å². The largest absolute Gasteiger partial charge is 0.326 e. The number of hydrogen-bond acceptors (Lipinski definition) is 4. The number of halogens is 1.